The van der Waals surface area contributed by atoms with Gasteiger partial charge in [0.25, 0.3) is 10.1 Å². The van der Waals surface area contributed by atoms with Gasteiger partial charge >= 0.3 is 29.6 Å². The zero-order valence-corrected chi connectivity index (χ0v) is 13.1. The van der Waals surface area contributed by atoms with Crippen molar-refractivity contribution in [2.75, 3.05) is 7.05 Å². The Kier molecular flexibility index (Phi) is 8.53. The number of carbonyl (C=O) groups is 1. The Hall–Kier alpha value is 0.0700. The number of amides is 1. The molecule has 0 bridgehead atoms. The van der Waals surface area contributed by atoms with Crippen molar-refractivity contribution in [3.63, 3.8) is 0 Å². The molecule has 0 rings (SSSR count). The van der Waals surface area contributed by atoms with E-state index in [1.165, 1.54) is 20.9 Å². The maximum atomic E-state index is 10.8. The Bertz CT molecular complexity index is 364. The summed E-state index contributed by atoms with van der Waals surface area (Å²) in [6.45, 7) is 2.53. The predicted octanol–water partition coefficient (Wildman–Crippen LogP) is -3.81. The van der Waals surface area contributed by atoms with Crippen molar-refractivity contribution in [3.05, 3.63) is 0 Å². The number of carbonyl (C=O) groups excluding carboxylic acids is 1. The van der Waals surface area contributed by atoms with Gasteiger partial charge in [0.05, 0.1) is 0 Å². The smallest absolute Gasteiger partial charge is 1.00 e. The zero-order chi connectivity index (χ0) is 12.2. The normalized spacial score (nSPS) is 12.0. The van der Waals surface area contributed by atoms with Crippen molar-refractivity contribution in [3.8, 4) is 0 Å². The molecule has 0 aromatic heterocycles. The van der Waals surface area contributed by atoms with Crippen molar-refractivity contribution in [1.29, 1.82) is 0 Å². The van der Waals surface area contributed by atoms with E-state index in [9.17, 15) is 13.2 Å². The third kappa shape index (κ3) is 7.36. The van der Waals surface area contributed by atoms with Crippen molar-refractivity contribution in [1.82, 2.24) is 15.8 Å². The van der Waals surface area contributed by atoms with Gasteiger partial charge in [0.1, 0.15) is 0 Å². The average molecular weight is 279 g/mol. The number of nitrogens with one attached hydrogen (secondary N) is 2. The Labute approximate surface area is 123 Å². The number of hydrogen-bond acceptors (Lipinski definition) is 4. The minimum Gasteiger partial charge on any atom is -1.00 e. The second kappa shape index (κ2) is 7.41. The molecule has 0 saturated heterocycles. The van der Waals surface area contributed by atoms with Crippen LogP contribution in [0.15, 0.2) is 0 Å². The second-order valence-corrected chi connectivity index (χ2v) is 4.97. The van der Waals surface area contributed by atoms with E-state index in [1.54, 1.807) is 0 Å². The van der Waals surface area contributed by atoms with Crippen LogP contribution in [-0.4, -0.2) is 41.4 Å². The molecule has 0 radical (unpaired) electrons. The molecular weight excluding hydrogens is 265 g/mol. The maximum Gasteiger partial charge on any atom is 1.00 e. The molecule has 0 fully saturated rings. The van der Waals surface area contributed by atoms with Crippen LogP contribution in [-0.2, 0) is 14.9 Å². The molecule has 7 nitrogen and oxygen atoms in total. The molecule has 0 heterocycles. The van der Waals surface area contributed by atoms with Gasteiger partial charge in [0.15, 0.2) is 10.5 Å². The van der Waals surface area contributed by atoms with Gasteiger partial charge in [-0.3, -0.25) is 19.8 Å². The molecule has 0 aromatic carbocycles. The van der Waals surface area contributed by atoms with Crippen LogP contribution in [0.2, 0.25) is 0 Å². The van der Waals surface area contributed by atoms with E-state index in [0.29, 0.717) is 0 Å². The quantitative estimate of drug-likeness (QED) is 0.206. The summed E-state index contributed by atoms with van der Waals surface area (Å²) in [6.07, 6.45) is 0. The van der Waals surface area contributed by atoms with Crippen LogP contribution in [0.4, 0.5) is 0 Å². The van der Waals surface area contributed by atoms with Crippen molar-refractivity contribution < 1.29 is 48.7 Å². The standard InChI is InChI=1S/C6H13N3O4S2.Na.H/c1-4(15(11,12)13)7-6(14)8-9(3)5(2)10;;/h4H,1-3H3,(H2,7,8,14)(H,11,12,13);;/q;+1;-1. The monoisotopic (exact) mass is 279 g/mol. The summed E-state index contributed by atoms with van der Waals surface area (Å²) in [5.41, 5.74) is 2.41. The van der Waals surface area contributed by atoms with Crippen LogP contribution in [0.1, 0.15) is 15.3 Å². The number of thiocarbonyl (C=S) groups is 1. The molecule has 10 heteroatoms. The van der Waals surface area contributed by atoms with Gasteiger partial charge in [-0.15, -0.1) is 0 Å². The molecule has 0 aliphatic rings. The maximum absolute atomic E-state index is 10.8. The summed E-state index contributed by atoms with van der Waals surface area (Å²) in [4.78, 5) is 10.8. The first-order chi connectivity index (χ1) is 6.64. The Balaban J connectivity index is -0.000000980. The summed E-state index contributed by atoms with van der Waals surface area (Å²) in [5, 5.41) is 2.06. The average Bonchev–Trinajstić information content (AvgIpc) is 2.01. The first kappa shape index (κ1) is 18.4. The van der Waals surface area contributed by atoms with E-state index in [4.69, 9.17) is 16.8 Å². The van der Waals surface area contributed by atoms with Gasteiger partial charge in [0, 0.05) is 14.0 Å². The van der Waals surface area contributed by atoms with E-state index >= 15 is 0 Å². The fraction of sp³-hybridized carbons (Fsp3) is 0.667. The fourth-order valence-electron chi connectivity index (χ4n) is 0.522. The number of nitrogens with zero attached hydrogens (tertiary/aromatic N) is 1. The number of hydrogen-bond donors (Lipinski definition) is 3. The van der Waals surface area contributed by atoms with E-state index in [1.807, 2.05) is 0 Å². The third-order valence-electron chi connectivity index (χ3n) is 1.52. The van der Waals surface area contributed by atoms with Crippen LogP contribution in [0.5, 0.6) is 0 Å². The minimum atomic E-state index is -4.20. The van der Waals surface area contributed by atoms with Gasteiger partial charge in [-0.2, -0.15) is 8.42 Å². The summed E-state index contributed by atoms with van der Waals surface area (Å²) < 4.78 is 29.8. The number of rotatable bonds is 2. The molecule has 0 aliphatic heterocycles. The molecule has 0 saturated carbocycles. The van der Waals surface area contributed by atoms with Gasteiger partial charge in [-0.1, -0.05) is 0 Å². The molecule has 16 heavy (non-hydrogen) atoms. The minimum absolute atomic E-state index is 0. The Morgan fingerprint density at radius 1 is 1.56 bits per heavy atom. The van der Waals surface area contributed by atoms with Crippen molar-refractivity contribution in [2.24, 2.45) is 0 Å². The van der Waals surface area contributed by atoms with Gasteiger partial charge in [0.2, 0.25) is 5.91 Å². The first-order valence-electron chi connectivity index (χ1n) is 3.92. The first-order valence-corrected chi connectivity index (χ1v) is 5.83. The summed E-state index contributed by atoms with van der Waals surface area (Å²) >= 11 is 4.70. The molecule has 0 aromatic rings. The van der Waals surface area contributed by atoms with Crippen LogP contribution < -0.4 is 40.3 Å². The largest absolute Gasteiger partial charge is 1.00 e. The zero-order valence-electron chi connectivity index (χ0n) is 10.5. The van der Waals surface area contributed by atoms with Crippen LogP contribution in [0, 0.1) is 0 Å². The molecule has 1 unspecified atom stereocenters. The topological polar surface area (TPSA) is 98.7 Å². The van der Waals surface area contributed by atoms with Gasteiger partial charge in [-0.25, -0.2) is 0 Å². The summed E-state index contributed by atoms with van der Waals surface area (Å²) in [5.74, 6) is -0.293. The van der Waals surface area contributed by atoms with Gasteiger partial charge in [-0.05, 0) is 19.1 Å². The Morgan fingerprint density at radius 2 is 2.00 bits per heavy atom. The van der Waals surface area contributed by atoms with Crippen LogP contribution >= 0.6 is 12.2 Å². The van der Waals surface area contributed by atoms with E-state index < -0.39 is 15.5 Å². The number of hydrazine groups is 1. The predicted molar refractivity (Wildman–Crippen MR) is 59.4 cm³/mol. The van der Waals surface area contributed by atoms with Crippen molar-refractivity contribution in [2.45, 2.75) is 19.2 Å². The second-order valence-electron chi connectivity index (χ2n) is 2.82. The van der Waals surface area contributed by atoms with Crippen molar-refractivity contribution >= 4 is 33.4 Å². The van der Waals surface area contributed by atoms with E-state index in [2.05, 4.69) is 10.7 Å². The fourth-order valence-corrected chi connectivity index (χ4v) is 1.18. The molecule has 1 amide bonds. The van der Waals surface area contributed by atoms with Crippen LogP contribution in [0.25, 0.3) is 0 Å². The SMILES string of the molecule is CC(=O)N(C)NC(=S)NC(C)S(=O)(=O)O.[H-].[Na+]. The molecule has 1 atom stereocenters. The molecule has 0 aliphatic carbocycles. The third-order valence-corrected chi connectivity index (χ3v) is 2.74. The molecular formula is C6H14N3NaO4S2. The van der Waals surface area contributed by atoms with E-state index in [0.717, 1.165) is 5.01 Å². The van der Waals surface area contributed by atoms with Gasteiger partial charge < -0.3 is 6.74 Å². The molecule has 0 spiro atoms. The summed E-state index contributed by atoms with van der Waals surface area (Å²) in [7, 11) is -2.77. The Morgan fingerprint density at radius 3 is 2.31 bits per heavy atom. The molecule has 90 valence electrons. The van der Waals surface area contributed by atoms with Crippen LogP contribution in [0.3, 0.4) is 0 Å². The summed E-state index contributed by atoms with van der Waals surface area (Å²) in [6, 6.07) is 0. The van der Waals surface area contributed by atoms with E-state index in [-0.39, 0.29) is 42.0 Å². The molecule has 3 N–H and O–H groups in total.